The van der Waals surface area contributed by atoms with Gasteiger partial charge in [-0.2, -0.15) is 5.10 Å². The number of nitrogens with two attached hydrogens (primary N) is 1. The third kappa shape index (κ3) is 1.55. The van der Waals surface area contributed by atoms with Gasteiger partial charge in [-0.15, -0.1) is 11.3 Å². The van der Waals surface area contributed by atoms with Gasteiger partial charge in [0.15, 0.2) is 0 Å². The van der Waals surface area contributed by atoms with E-state index in [0.29, 0.717) is 22.0 Å². The van der Waals surface area contributed by atoms with Crippen molar-refractivity contribution in [3.63, 3.8) is 0 Å². The maximum Gasteiger partial charge on any atom is 0.223 e. The first-order chi connectivity index (χ1) is 7.11. The molecular weight excluding hydrogens is 210 g/mol. The van der Waals surface area contributed by atoms with Gasteiger partial charge in [0.1, 0.15) is 5.69 Å². The maximum atomic E-state index is 12.0. The average molecular weight is 221 g/mol. The minimum atomic E-state index is -0.0643. The van der Waals surface area contributed by atoms with Crippen molar-refractivity contribution >= 4 is 22.8 Å². The molecule has 0 bridgehead atoms. The van der Waals surface area contributed by atoms with Gasteiger partial charge in [0.25, 0.3) is 0 Å². The van der Waals surface area contributed by atoms with E-state index in [0.717, 1.165) is 0 Å². The van der Waals surface area contributed by atoms with Crippen molar-refractivity contribution in [2.45, 2.75) is 6.92 Å². The van der Waals surface area contributed by atoms with Crippen molar-refractivity contribution in [3.05, 3.63) is 33.8 Å². The first kappa shape index (κ1) is 9.92. The van der Waals surface area contributed by atoms with Crippen molar-refractivity contribution in [2.24, 2.45) is 7.05 Å². The fraction of sp³-hybridized carbons (Fsp3) is 0.200. The summed E-state index contributed by atoms with van der Waals surface area (Å²) in [5.41, 5.74) is 7.44. The number of nitrogens with zero attached hydrogens (tertiary/aromatic N) is 2. The fourth-order valence-corrected chi connectivity index (χ4v) is 2.13. The Balaban J connectivity index is 2.51. The van der Waals surface area contributed by atoms with Gasteiger partial charge >= 0.3 is 0 Å². The Kier molecular flexibility index (Phi) is 2.32. The zero-order valence-electron chi connectivity index (χ0n) is 8.52. The van der Waals surface area contributed by atoms with Gasteiger partial charge in [-0.1, -0.05) is 6.07 Å². The summed E-state index contributed by atoms with van der Waals surface area (Å²) in [6, 6.07) is 3.63. The predicted molar refractivity (Wildman–Crippen MR) is 60.1 cm³/mol. The average Bonchev–Trinajstić information content (AvgIpc) is 2.76. The van der Waals surface area contributed by atoms with Crippen molar-refractivity contribution in [1.82, 2.24) is 9.78 Å². The van der Waals surface area contributed by atoms with Gasteiger partial charge in [0.05, 0.1) is 16.3 Å². The van der Waals surface area contributed by atoms with E-state index in [2.05, 4.69) is 5.10 Å². The molecule has 2 aromatic rings. The van der Waals surface area contributed by atoms with Crippen LogP contribution in [0.2, 0.25) is 0 Å². The largest absolute Gasteiger partial charge is 0.395 e. The van der Waals surface area contributed by atoms with E-state index in [1.165, 1.54) is 16.0 Å². The van der Waals surface area contributed by atoms with Gasteiger partial charge in [-0.3, -0.25) is 9.48 Å². The van der Waals surface area contributed by atoms with Crippen LogP contribution in [0, 0.1) is 6.92 Å². The quantitative estimate of drug-likeness (QED) is 0.783. The fourth-order valence-electron chi connectivity index (χ4n) is 1.47. The SMILES string of the molecule is Cc1nn(C)c(C(=O)c2cccs2)c1N. The van der Waals surface area contributed by atoms with Gasteiger partial charge in [0.2, 0.25) is 5.78 Å². The topological polar surface area (TPSA) is 60.9 Å². The lowest BCUT2D eigenvalue weighted by Crippen LogP contribution is -2.09. The van der Waals surface area contributed by atoms with E-state index < -0.39 is 0 Å². The van der Waals surface area contributed by atoms with Crippen molar-refractivity contribution in [1.29, 1.82) is 0 Å². The lowest BCUT2D eigenvalue weighted by Gasteiger charge is -1.99. The Hall–Kier alpha value is -1.62. The molecule has 4 nitrogen and oxygen atoms in total. The molecule has 0 aromatic carbocycles. The monoisotopic (exact) mass is 221 g/mol. The van der Waals surface area contributed by atoms with E-state index >= 15 is 0 Å². The highest BCUT2D eigenvalue weighted by Crippen LogP contribution is 2.21. The molecule has 0 aliphatic carbocycles. The van der Waals surface area contributed by atoms with E-state index in [-0.39, 0.29) is 5.78 Å². The Morgan fingerprint density at radius 1 is 1.60 bits per heavy atom. The molecule has 0 aliphatic rings. The number of aryl methyl sites for hydroxylation is 2. The second kappa shape index (κ2) is 3.51. The molecule has 0 amide bonds. The van der Waals surface area contributed by atoms with Crippen LogP contribution in [0.3, 0.4) is 0 Å². The molecule has 0 saturated heterocycles. The number of rotatable bonds is 2. The summed E-state index contributed by atoms with van der Waals surface area (Å²) in [6.45, 7) is 1.79. The summed E-state index contributed by atoms with van der Waals surface area (Å²) in [7, 11) is 1.73. The number of hydrogen-bond donors (Lipinski definition) is 1. The summed E-state index contributed by atoms with van der Waals surface area (Å²) in [4.78, 5) is 12.7. The van der Waals surface area contributed by atoms with Crippen LogP contribution in [0.25, 0.3) is 0 Å². The van der Waals surface area contributed by atoms with E-state index in [1.807, 2.05) is 11.4 Å². The number of hydrogen-bond acceptors (Lipinski definition) is 4. The molecule has 0 fully saturated rings. The van der Waals surface area contributed by atoms with Crippen molar-refractivity contribution < 1.29 is 4.79 Å². The Morgan fingerprint density at radius 3 is 2.80 bits per heavy atom. The summed E-state index contributed by atoms with van der Waals surface area (Å²) in [6.07, 6.45) is 0. The number of carbonyl (C=O) groups is 1. The molecule has 0 unspecified atom stereocenters. The molecule has 2 aromatic heterocycles. The summed E-state index contributed by atoms with van der Waals surface area (Å²) in [5.74, 6) is -0.0643. The number of thiophene rings is 1. The van der Waals surface area contributed by atoms with Gasteiger partial charge in [0, 0.05) is 7.05 Å². The normalized spacial score (nSPS) is 10.5. The minimum Gasteiger partial charge on any atom is -0.395 e. The molecule has 5 heteroatoms. The van der Waals surface area contributed by atoms with Crippen LogP contribution in [-0.4, -0.2) is 15.6 Å². The van der Waals surface area contributed by atoms with Crippen LogP contribution in [0.15, 0.2) is 17.5 Å². The van der Waals surface area contributed by atoms with Crippen LogP contribution in [0.5, 0.6) is 0 Å². The molecule has 2 rings (SSSR count). The molecule has 0 saturated carbocycles. The van der Waals surface area contributed by atoms with E-state index in [4.69, 9.17) is 5.73 Å². The van der Waals surface area contributed by atoms with Gasteiger partial charge < -0.3 is 5.73 Å². The van der Waals surface area contributed by atoms with Crippen LogP contribution in [0.4, 0.5) is 5.69 Å². The second-order valence-corrected chi connectivity index (χ2v) is 4.23. The van der Waals surface area contributed by atoms with E-state index in [9.17, 15) is 4.79 Å². The number of aromatic nitrogens is 2. The summed E-state index contributed by atoms with van der Waals surface area (Å²) >= 11 is 1.41. The first-order valence-corrected chi connectivity index (χ1v) is 5.36. The van der Waals surface area contributed by atoms with Crippen LogP contribution < -0.4 is 5.73 Å². The summed E-state index contributed by atoms with van der Waals surface area (Å²) < 4.78 is 1.53. The molecule has 0 atom stereocenters. The molecule has 2 N–H and O–H groups in total. The second-order valence-electron chi connectivity index (χ2n) is 3.28. The van der Waals surface area contributed by atoms with Crippen molar-refractivity contribution in [3.8, 4) is 0 Å². The number of carbonyl (C=O) groups excluding carboxylic acids is 1. The Bertz CT molecular complexity index is 499. The molecule has 0 aliphatic heterocycles. The zero-order chi connectivity index (χ0) is 11.0. The minimum absolute atomic E-state index is 0.0643. The molecule has 0 spiro atoms. The molecule has 15 heavy (non-hydrogen) atoms. The van der Waals surface area contributed by atoms with Crippen molar-refractivity contribution in [2.75, 3.05) is 5.73 Å². The highest BCUT2D eigenvalue weighted by molar-refractivity contribution is 7.12. The van der Waals surface area contributed by atoms with Gasteiger partial charge in [-0.25, -0.2) is 0 Å². The molecule has 0 radical (unpaired) electrons. The number of anilines is 1. The summed E-state index contributed by atoms with van der Waals surface area (Å²) in [5, 5.41) is 5.98. The third-order valence-electron chi connectivity index (χ3n) is 2.23. The maximum absolute atomic E-state index is 12.0. The van der Waals surface area contributed by atoms with E-state index in [1.54, 1.807) is 20.0 Å². The zero-order valence-corrected chi connectivity index (χ0v) is 9.34. The van der Waals surface area contributed by atoms with Crippen LogP contribution in [0.1, 0.15) is 21.1 Å². The Labute approximate surface area is 91.3 Å². The predicted octanol–water partition coefficient (Wildman–Crippen LogP) is 1.60. The molecular formula is C10H11N3OS. The lowest BCUT2D eigenvalue weighted by atomic mass is 10.2. The van der Waals surface area contributed by atoms with Crippen LogP contribution >= 0.6 is 11.3 Å². The lowest BCUT2D eigenvalue weighted by molar-refractivity contribution is 0.103. The number of nitrogen functional groups attached to an aromatic ring is 1. The smallest absolute Gasteiger partial charge is 0.223 e. The Morgan fingerprint density at radius 2 is 2.33 bits per heavy atom. The van der Waals surface area contributed by atoms with Gasteiger partial charge in [-0.05, 0) is 18.4 Å². The highest BCUT2D eigenvalue weighted by Gasteiger charge is 2.19. The number of ketones is 1. The molecule has 2 heterocycles. The molecule has 78 valence electrons. The standard InChI is InChI=1S/C10H11N3OS/c1-6-8(11)9(13(2)12-6)10(14)7-4-3-5-15-7/h3-5H,11H2,1-2H3. The first-order valence-electron chi connectivity index (χ1n) is 4.48. The van der Waals surface area contributed by atoms with Crippen LogP contribution in [-0.2, 0) is 7.05 Å². The highest BCUT2D eigenvalue weighted by atomic mass is 32.1. The third-order valence-corrected chi connectivity index (χ3v) is 3.10.